The normalized spacial score (nSPS) is 14.0. The molecule has 1 aliphatic rings. The molecule has 0 saturated carbocycles. The zero-order valence-electron chi connectivity index (χ0n) is 7.20. The molecule has 0 N–H and O–H groups in total. The largest absolute Gasteiger partial charge is 0.493 e. The first-order valence-corrected chi connectivity index (χ1v) is 3.84. The van der Waals surface area contributed by atoms with Gasteiger partial charge in [-0.3, -0.25) is 0 Å². The quantitative estimate of drug-likeness (QED) is 0.629. The van der Waals surface area contributed by atoms with E-state index in [1.807, 2.05) is 30.1 Å². The highest BCUT2D eigenvalue weighted by atomic mass is 16.5. The van der Waals surface area contributed by atoms with Crippen LogP contribution < -0.4 is 14.4 Å². The van der Waals surface area contributed by atoms with Gasteiger partial charge in [-0.05, 0) is 12.1 Å². The molecule has 0 bridgehead atoms. The van der Waals surface area contributed by atoms with Gasteiger partial charge in [-0.15, -0.1) is 0 Å². The number of fused-ring (bicyclic) bond motifs is 1. The summed E-state index contributed by atoms with van der Waals surface area (Å²) in [7, 11) is 3.64. The van der Waals surface area contributed by atoms with Crippen molar-refractivity contribution in [2.24, 2.45) is 0 Å². The fourth-order valence-electron chi connectivity index (χ4n) is 1.34. The fraction of sp³-hybridized carbons (Fsp3) is 0.333. The molecule has 0 atom stereocenters. The SMILES string of the molecule is COc1cccc2c1OCN2C. The van der Waals surface area contributed by atoms with Gasteiger partial charge in [-0.2, -0.15) is 0 Å². The number of nitrogens with zero attached hydrogens (tertiary/aromatic N) is 1. The van der Waals surface area contributed by atoms with Crippen molar-refractivity contribution in [3.05, 3.63) is 18.2 Å². The first kappa shape index (κ1) is 7.28. The summed E-state index contributed by atoms with van der Waals surface area (Å²) in [6.07, 6.45) is 0. The third-order valence-corrected chi connectivity index (χ3v) is 1.99. The van der Waals surface area contributed by atoms with Crippen LogP contribution >= 0.6 is 0 Å². The summed E-state index contributed by atoms with van der Waals surface area (Å²) >= 11 is 0. The van der Waals surface area contributed by atoms with Crippen molar-refractivity contribution in [3.8, 4) is 11.5 Å². The maximum Gasteiger partial charge on any atom is 0.187 e. The van der Waals surface area contributed by atoms with Crippen LogP contribution in [0, 0.1) is 0 Å². The Labute approximate surface area is 71.5 Å². The van der Waals surface area contributed by atoms with Crippen LogP contribution in [-0.4, -0.2) is 20.9 Å². The topological polar surface area (TPSA) is 21.7 Å². The van der Waals surface area contributed by atoms with E-state index in [-0.39, 0.29) is 0 Å². The van der Waals surface area contributed by atoms with Gasteiger partial charge in [0.15, 0.2) is 18.2 Å². The second-order valence-electron chi connectivity index (χ2n) is 2.78. The Morgan fingerprint density at radius 3 is 3.08 bits per heavy atom. The van der Waals surface area contributed by atoms with E-state index in [1.165, 1.54) is 0 Å². The minimum Gasteiger partial charge on any atom is -0.493 e. The van der Waals surface area contributed by atoms with Gasteiger partial charge in [-0.25, -0.2) is 0 Å². The summed E-state index contributed by atoms with van der Waals surface area (Å²) in [6.45, 7) is 0.607. The van der Waals surface area contributed by atoms with Crippen molar-refractivity contribution in [2.45, 2.75) is 0 Å². The van der Waals surface area contributed by atoms with Crippen LogP contribution in [0.2, 0.25) is 0 Å². The van der Waals surface area contributed by atoms with Gasteiger partial charge in [0.1, 0.15) is 0 Å². The summed E-state index contributed by atoms with van der Waals surface area (Å²) in [5, 5.41) is 0. The Morgan fingerprint density at radius 2 is 2.33 bits per heavy atom. The molecule has 2 rings (SSSR count). The molecule has 64 valence electrons. The van der Waals surface area contributed by atoms with Gasteiger partial charge in [-0.1, -0.05) is 6.07 Å². The van der Waals surface area contributed by atoms with Crippen LogP contribution in [0.4, 0.5) is 5.69 Å². The molecule has 0 aliphatic carbocycles. The molecular formula is C9H11NO2. The Balaban J connectivity index is 2.50. The first-order valence-electron chi connectivity index (χ1n) is 3.84. The second-order valence-corrected chi connectivity index (χ2v) is 2.78. The number of hydrogen-bond donors (Lipinski definition) is 0. The fourth-order valence-corrected chi connectivity index (χ4v) is 1.34. The van der Waals surface area contributed by atoms with E-state index in [9.17, 15) is 0 Å². The summed E-state index contributed by atoms with van der Waals surface area (Å²) in [6, 6.07) is 5.88. The lowest BCUT2D eigenvalue weighted by atomic mass is 10.2. The Morgan fingerprint density at radius 1 is 1.50 bits per heavy atom. The number of benzene rings is 1. The lowest BCUT2D eigenvalue weighted by Crippen LogP contribution is -2.14. The number of ether oxygens (including phenoxy) is 2. The molecule has 3 nitrogen and oxygen atoms in total. The third-order valence-electron chi connectivity index (χ3n) is 1.99. The van der Waals surface area contributed by atoms with Crippen molar-refractivity contribution >= 4 is 5.69 Å². The summed E-state index contributed by atoms with van der Waals surface area (Å²) in [5.74, 6) is 1.65. The highest BCUT2D eigenvalue weighted by Crippen LogP contribution is 2.40. The van der Waals surface area contributed by atoms with Crippen LogP contribution in [0.3, 0.4) is 0 Å². The minimum atomic E-state index is 0.607. The highest BCUT2D eigenvalue weighted by Gasteiger charge is 2.20. The monoisotopic (exact) mass is 165 g/mol. The molecular weight excluding hydrogens is 154 g/mol. The van der Waals surface area contributed by atoms with Gasteiger partial charge in [0.2, 0.25) is 0 Å². The van der Waals surface area contributed by atoms with Crippen LogP contribution in [0.1, 0.15) is 0 Å². The smallest absolute Gasteiger partial charge is 0.187 e. The molecule has 0 radical (unpaired) electrons. The van der Waals surface area contributed by atoms with Gasteiger partial charge in [0, 0.05) is 7.05 Å². The van der Waals surface area contributed by atoms with E-state index in [4.69, 9.17) is 9.47 Å². The lowest BCUT2D eigenvalue weighted by Gasteiger charge is -2.07. The maximum atomic E-state index is 5.43. The molecule has 0 unspecified atom stereocenters. The Bertz CT molecular complexity index is 299. The van der Waals surface area contributed by atoms with Crippen molar-refractivity contribution < 1.29 is 9.47 Å². The zero-order chi connectivity index (χ0) is 8.55. The van der Waals surface area contributed by atoms with E-state index in [2.05, 4.69) is 0 Å². The number of anilines is 1. The molecule has 0 aromatic heterocycles. The number of methoxy groups -OCH3 is 1. The predicted octanol–water partition coefficient (Wildman–Crippen LogP) is 1.48. The van der Waals surface area contributed by atoms with E-state index in [1.54, 1.807) is 7.11 Å². The molecule has 1 aromatic carbocycles. The third kappa shape index (κ3) is 0.897. The molecule has 1 aliphatic heterocycles. The molecule has 12 heavy (non-hydrogen) atoms. The highest BCUT2D eigenvalue weighted by molar-refractivity contribution is 5.66. The summed E-state index contributed by atoms with van der Waals surface area (Å²) in [5.41, 5.74) is 1.09. The number of rotatable bonds is 1. The molecule has 0 amide bonds. The van der Waals surface area contributed by atoms with Crippen molar-refractivity contribution in [1.82, 2.24) is 0 Å². The summed E-state index contributed by atoms with van der Waals surface area (Å²) in [4.78, 5) is 2.04. The van der Waals surface area contributed by atoms with Crippen LogP contribution in [0.5, 0.6) is 11.5 Å². The van der Waals surface area contributed by atoms with Crippen LogP contribution in [0.15, 0.2) is 18.2 Å². The standard InChI is InChI=1S/C9H11NO2/c1-10-6-12-9-7(10)4-3-5-8(9)11-2/h3-5H,6H2,1-2H3. The zero-order valence-corrected chi connectivity index (χ0v) is 7.20. The molecule has 3 heteroatoms. The van der Waals surface area contributed by atoms with Gasteiger partial charge in [0.25, 0.3) is 0 Å². The molecule has 0 saturated heterocycles. The number of para-hydroxylation sites is 1. The van der Waals surface area contributed by atoms with Crippen molar-refractivity contribution in [2.75, 3.05) is 25.8 Å². The maximum absolute atomic E-state index is 5.43. The van der Waals surface area contributed by atoms with E-state index >= 15 is 0 Å². The average Bonchev–Trinajstić information content (AvgIpc) is 2.48. The average molecular weight is 165 g/mol. The molecule has 1 aromatic rings. The van der Waals surface area contributed by atoms with E-state index < -0.39 is 0 Å². The number of hydrogen-bond acceptors (Lipinski definition) is 3. The molecule has 0 fully saturated rings. The van der Waals surface area contributed by atoms with Gasteiger partial charge < -0.3 is 14.4 Å². The predicted molar refractivity (Wildman–Crippen MR) is 46.9 cm³/mol. The van der Waals surface area contributed by atoms with Crippen molar-refractivity contribution in [3.63, 3.8) is 0 Å². The molecule has 0 spiro atoms. The lowest BCUT2D eigenvalue weighted by molar-refractivity contribution is 0.324. The van der Waals surface area contributed by atoms with Gasteiger partial charge >= 0.3 is 0 Å². The Hall–Kier alpha value is -1.38. The van der Waals surface area contributed by atoms with Crippen LogP contribution in [0.25, 0.3) is 0 Å². The van der Waals surface area contributed by atoms with E-state index in [0.717, 1.165) is 17.2 Å². The molecule has 1 heterocycles. The second kappa shape index (κ2) is 2.59. The first-order chi connectivity index (χ1) is 5.83. The Kier molecular flexibility index (Phi) is 1.57. The summed E-state index contributed by atoms with van der Waals surface area (Å²) < 4.78 is 10.6. The minimum absolute atomic E-state index is 0.607. The van der Waals surface area contributed by atoms with Crippen molar-refractivity contribution in [1.29, 1.82) is 0 Å². The van der Waals surface area contributed by atoms with Crippen LogP contribution in [-0.2, 0) is 0 Å². The van der Waals surface area contributed by atoms with E-state index in [0.29, 0.717) is 6.73 Å². The van der Waals surface area contributed by atoms with Gasteiger partial charge in [0.05, 0.1) is 12.8 Å².